The van der Waals surface area contributed by atoms with Crippen molar-refractivity contribution in [2.24, 2.45) is 5.92 Å². The molecule has 1 aromatic carbocycles. The second kappa shape index (κ2) is 7.97. The Kier molecular flexibility index (Phi) is 5.22. The third kappa shape index (κ3) is 3.63. The van der Waals surface area contributed by atoms with E-state index in [1.54, 1.807) is 11.3 Å². The van der Waals surface area contributed by atoms with Crippen LogP contribution in [0.4, 0.5) is 5.13 Å². The van der Waals surface area contributed by atoms with Crippen LogP contribution in [0.3, 0.4) is 0 Å². The number of nitrogens with zero attached hydrogens (tertiary/aromatic N) is 4. The molecule has 28 heavy (non-hydrogen) atoms. The number of para-hydroxylation sites is 1. The molecule has 1 N–H and O–H groups in total. The summed E-state index contributed by atoms with van der Waals surface area (Å²) >= 11 is 1.76. The average molecular weight is 400 g/mol. The number of likely N-dealkylation sites (tertiary alicyclic amines) is 1. The molecule has 1 amide bonds. The van der Waals surface area contributed by atoms with Crippen LogP contribution in [0.1, 0.15) is 19.3 Å². The molecule has 1 unspecified atom stereocenters. The number of nitrogens with one attached hydrogen (secondary N) is 1. The number of carbonyl (C=O) groups is 1. The van der Waals surface area contributed by atoms with Gasteiger partial charge in [-0.3, -0.25) is 9.69 Å². The molecule has 3 aliphatic rings. The number of piperidine rings is 1. The van der Waals surface area contributed by atoms with Crippen molar-refractivity contribution < 1.29 is 4.79 Å². The van der Waals surface area contributed by atoms with E-state index in [1.165, 1.54) is 4.70 Å². The minimum absolute atomic E-state index is 0.187. The topological polar surface area (TPSA) is 51.7 Å². The Labute approximate surface area is 170 Å². The van der Waals surface area contributed by atoms with Gasteiger partial charge < -0.3 is 15.1 Å². The molecular formula is C21H29N5OS. The highest BCUT2D eigenvalue weighted by Crippen LogP contribution is 2.32. The van der Waals surface area contributed by atoms with Crippen LogP contribution < -0.4 is 10.2 Å². The summed E-state index contributed by atoms with van der Waals surface area (Å²) in [5.41, 5.74) is 1.08. The van der Waals surface area contributed by atoms with Gasteiger partial charge in [0.25, 0.3) is 0 Å². The zero-order chi connectivity index (χ0) is 18.9. The van der Waals surface area contributed by atoms with Gasteiger partial charge in [0.15, 0.2) is 5.13 Å². The van der Waals surface area contributed by atoms with Gasteiger partial charge in [0.05, 0.1) is 10.2 Å². The molecule has 0 radical (unpaired) electrons. The Morgan fingerprint density at radius 2 is 1.82 bits per heavy atom. The highest BCUT2D eigenvalue weighted by molar-refractivity contribution is 7.22. The Morgan fingerprint density at radius 3 is 2.61 bits per heavy atom. The molecule has 2 aromatic rings. The third-order valence-corrected chi connectivity index (χ3v) is 7.64. The molecule has 3 saturated heterocycles. The van der Waals surface area contributed by atoms with Gasteiger partial charge in [0.1, 0.15) is 0 Å². The highest BCUT2D eigenvalue weighted by atomic mass is 32.1. The first-order valence-corrected chi connectivity index (χ1v) is 11.4. The van der Waals surface area contributed by atoms with Gasteiger partial charge in [0, 0.05) is 64.3 Å². The Hall–Kier alpha value is -1.70. The molecule has 0 aliphatic carbocycles. The number of fused-ring (bicyclic) bond motifs is 1. The number of thiazole rings is 1. The van der Waals surface area contributed by atoms with E-state index in [0.717, 1.165) is 82.3 Å². The maximum atomic E-state index is 13.1. The lowest BCUT2D eigenvalue weighted by Gasteiger charge is -2.34. The summed E-state index contributed by atoms with van der Waals surface area (Å²) in [6.07, 6.45) is 3.03. The number of carbonyl (C=O) groups excluding carboxylic acids is 1. The van der Waals surface area contributed by atoms with Crippen molar-refractivity contribution in [3.63, 3.8) is 0 Å². The predicted octanol–water partition coefficient (Wildman–Crippen LogP) is 2.02. The molecular weight excluding hydrogens is 370 g/mol. The fourth-order valence-electron chi connectivity index (χ4n) is 4.86. The number of anilines is 1. The van der Waals surface area contributed by atoms with Gasteiger partial charge in [-0.2, -0.15) is 0 Å². The molecule has 6 nitrogen and oxygen atoms in total. The van der Waals surface area contributed by atoms with E-state index in [9.17, 15) is 4.79 Å². The molecule has 7 heteroatoms. The first-order chi connectivity index (χ1) is 13.8. The number of benzene rings is 1. The fraction of sp³-hybridized carbons (Fsp3) is 0.619. The van der Waals surface area contributed by atoms with Crippen molar-refractivity contribution in [3.05, 3.63) is 24.3 Å². The summed E-state index contributed by atoms with van der Waals surface area (Å²) in [6.45, 7) is 8.13. The third-order valence-electron chi connectivity index (χ3n) is 6.54. The minimum atomic E-state index is 0.187. The second-order valence-electron chi connectivity index (χ2n) is 8.24. The maximum Gasteiger partial charge on any atom is 0.225 e. The van der Waals surface area contributed by atoms with Gasteiger partial charge in [-0.15, -0.1) is 0 Å². The number of rotatable bonds is 3. The summed E-state index contributed by atoms with van der Waals surface area (Å²) in [4.78, 5) is 24.9. The van der Waals surface area contributed by atoms with Crippen molar-refractivity contribution in [2.45, 2.75) is 25.3 Å². The van der Waals surface area contributed by atoms with Crippen LogP contribution in [0.25, 0.3) is 10.2 Å². The van der Waals surface area contributed by atoms with Crippen molar-refractivity contribution in [1.82, 2.24) is 20.1 Å². The molecule has 0 spiro atoms. The van der Waals surface area contributed by atoms with E-state index in [0.29, 0.717) is 11.9 Å². The lowest BCUT2D eigenvalue weighted by molar-refractivity contribution is -0.135. The van der Waals surface area contributed by atoms with Crippen molar-refractivity contribution in [2.75, 3.05) is 57.3 Å². The van der Waals surface area contributed by atoms with E-state index < -0.39 is 0 Å². The van der Waals surface area contributed by atoms with E-state index in [2.05, 4.69) is 38.2 Å². The average Bonchev–Trinajstić information content (AvgIpc) is 3.41. The number of amides is 1. The number of hydrogen-bond donors (Lipinski definition) is 1. The molecule has 5 rings (SSSR count). The SMILES string of the molecule is O=C(C1CCN(c2nc3ccccc3s2)CC1)N1CCC(N2CCNCC2)C1. The number of hydrogen-bond acceptors (Lipinski definition) is 6. The fourth-order valence-corrected chi connectivity index (χ4v) is 5.88. The largest absolute Gasteiger partial charge is 0.348 e. The van der Waals surface area contributed by atoms with E-state index in [4.69, 9.17) is 4.98 Å². The van der Waals surface area contributed by atoms with Crippen LogP contribution in [-0.2, 0) is 4.79 Å². The standard InChI is InChI=1S/C21H29N5OS/c27-20(26-12-7-17(15-26)24-13-8-22-9-14-24)16-5-10-25(11-6-16)21-23-18-3-1-2-4-19(18)28-21/h1-4,16-17,22H,5-15H2. The minimum Gasteiger partial charge on any atom is -0.348 e. The summed E-state index contributed by atoms with van der Waals surface area (Å²) < 4.78 is 1.24. The smallest absolute Gasteiger partial charge is 0.225 e. The van der Waals surface area contributed by atoms with Crippen LogP contribution >= 0.6 is 11.3 Å². The Bertz CT molecular complexity index is 792. The Morgan fingerprint density at radius 1 is 1.04 bits per heavy atom. The van der Waals surface area contributed by atoms with E-state index in [-0.39, 0.29) is 5.92 Å². The molecule has 4 heterocycles. The zero-order valence-electron chi connectivity index (χ0n) is 16.3. The molecule has 1 atom stereocenters. The number of aromatic nitrogens is 1. The zero-order valence-corrected chi connectivity index (χ0v) is 17.2. The molecule has 0 saturated carbocycles. The van der Waals surface area contributed by atoms with Gasteiger partial charge in [0.2, 0.25) is 5.91 Å². The van der Waals surface area contributed by atoms with Gasteiger partial charge >= 0.3 is 0 Å². The normalized spacial score (nSPS) is 24.9. The van der Waals surface area contributed by atoms with Gasteiger partial charge in [-0.05, 0) is 31.4 Å². The highest BCUT2D eigenvalue weighted by Gasteiger charge is 2.35. The molecule has 0 bridgehead atoms. The predicted molar refractivity (Wildman–Crippen MR) is 114 cm³/mol. The Balaban J connectivity index is 1.16. The van der Waals surface area contributed by atoms with E-state index >= 15 is 0 Å². The van der Waals surface area contributed by atoms with E-state index in [1.807, 2.05) is 6.07 Å². The van der Waals surface area contributed by atoms with Crippen LogP contribution in [0.15, 0.2) is 24.3 Å². The summed E-state index contributed by atoms with van der Waals surface area (Å²) in [7, 11) is 0. The van der Waals surface area contributed by atoms with Crippen LogP contribution in [-0.4, -0.2) is 79.1 Å². The van der Waals surface area contributed by atoms with Crippen LogP contribution in [0, 0.1) is 5.92 Å². The lowest BCUT2D eigenvalue weighted by Crippen LogP contribution is -2.50. The van der Waals surface area contributed by atoms with Gasteiger partial charge in [-0.1, -0.05) is 23.5 Å². The van der Waals surface area contributed by atoms with Crippen molar-refractivity contribution in [1.29, 1.82) is 0 Å². The maximum absolute atomic E-state index is 13.1. The van der Waals surface area contributed by atoms with Crippen molar-refractivity contribution >= 4 is 32.6 Å². The summed E-state index contributed by atoms with van der Waals surface area (Å²) in [5, 5.41) is 4.52. The molecule has 150 valence electrons. The van der Waals surface area contributed by atoms with Crippen LogP contribution in [0.2, 0.25) is 0 Å². The summed E-state index contributed by atoms with van der Waals surface area (Å²) in [6, 6.07) is 8.89. The second-order valence-corrected chi connectivity index (χ2v) is 9.25. The first-order valence-electron chi connectivity index (χ1n) is 10.6. The first kappa shape index (κ1) is 18.3. The monoisotopic (exact) mass is 399 g/mol. The number of piperazine rings is 1. The molecule has 3 aliphatic heterocycles. The quantitative estimate of drug-likeness (QED) is 0.856. The van der Waals surface area contributed by atoms with Crippen LogP contribution in [0.5, 0.6) is 0 Å². The molecule has 3 fully saturated rings. The van der Waals surface area contributed by atoms with Crippen molar-refractivity contribution in [3.8, 4) is 0 Å². The lowest BCUT2D eigenvalue weighted by atomic mass is 9.95. The molecule has 1 aromatic heterocycles. The summed E-state index contributed by atoms with van der Waals surface area (Å²) in [5.74, 6) is 0.578. The van der Waals surface area contributed by atoms with Gasteiger partial charge in [-0.25, -0.2) is 4.98 Å².